The minimum atomic E-state index is -2.99. The molecule has 0 aliphatic carbocycles. The van der Waals surface area contributed by atoms with Crippen LogP contribution in [-0.2, 0) is 9.84 Å². The van der Waals surface area contributed by atoms with Crippen LogP contribution in [0.25, 0.3) is 10.9 Å². The third-order valence-corrected chi connectivity index (χ3v) is 5.60. The van der Waals surface area contributed by atoms with Gasteiger partial charge in [-0.25, -0.2) is 8.42 Å². The number of fused-ring (bicyclic) bond motifs is 1. The summed E-state index contributed by atoms with van der Waals surface area (Å²) in [5, 5.41) is 11.7. The molecule has 1 unspecified atom stereocenters. The van der Waals surface area contributed by atoms with E-state index in [2.05, 4.69) is 4.98 Å². The molecule has 0 fully saturated rings. The Hall–Kier alpha value is -1.17. The second kappa shape index (κ2) is 6.73. The molecule has 0 saturated heterocycles. The molecule has 1 atom stereocenters. The van der Waals surface area contributed by atoms with E-state index in [9.17, 15) is 13.5 Å². The van der Waals surface area contributed by atoms with Gasteiger partial charge in [0, 0.05) is 27.9 Å². The van der Waals surface area contributed by atoms with Crippen molar-refractivity contribution in [1.29, 1.82) is 0 Å². The molecule has 1 heterocycles. The lowest BCUT2D eigenvalue weighted by Gasteiger charge is -2.13. The SMILES string of the molecule is CCS(=O)(=O)CCCC(O)c1ccc(Cl)c2cccnc12. The highest BCUT2D eigenvalue weighted by atomic mass is 35.5. The molecule has 2 aromatic rings. The number of hydrogen-bond donors (Lipinski definition) is 1. The van der Waals surface area contributed by atoms with Gasteiger partial charge in [-0.15, -0.1) is 0 Å². The number of hydrogen-bond acceptors (Lipinski definition) is 4. The maximum atomic E-state index is 11.5. The zero-order valence-corrected chi connectivity index (χ0v) is 13.4. The van der Waals surface area contributed by atoms with Crippen molar-refractivity contribution in [2.45, 2.75) is 25.9 Å². The lowest BCUT2D eigenvalue weighted by atomic mass is 10.0. The van der Waals surface area contributed by atoms with Crippen LogP contribution in [0.1, 0.15) is 31.4 Å². The van der Waals surface area contributed by atoms with Gasteiger partial charge in [0.25, 0.3) is 0 Å². The minimum Gasteiger partial charge on any atom is -0.388 e. The fourth-order valence-corrected chi connectivity index (χ4v) is 3.34. The molecule has 0 spiro atoms. The third-order valence-electron chi connectivity index (χ3n) is 3.48. The highest BCUT2D eigenvalue weighted by molar-refractivity contribution is 7.91. The second-order valence-electron chi connectivity index (χ2n) is 4.93. The Morgan fingerprint density at radius 3 is 2.81 bits per heavy atom. The number of halogens is 1. The molecule has 1 aromatic carbocycles. The standard InChI is InChI=1S/C15H18ClNO3S/c1-2-21(19,20)10-4-6-14(18)12-7-8-13(16)11-5-3-9-17-15(11)12/h3,5,7-9,14,18H,2,4,6,10H2,1H3. The van der Waals surface area contributed by atoms with Crippen LogP contribution in [0.3, 0.4) is 0 Å². The van der Waals surface area contributed by atoms with E-state index in [1.54, 1.807) is 31.3 Å². The summed E-state index contributed by atoms with van der Waals surface area (Å²) in [5.74, 6) is 0.230. The van der Waals surface area contributed by atoms with E-state index in [1.165, 1.54) is 0 Å². The Morgan fingerprint density at radius 1 is 1.33 bits per heavy atom. The first-order chi connectivity index (χ1) is 9.94. The van der Waals surface area contributed by atoms with Crippen LogP contribution in [0.5, 0.6) is 0 Å². The average molecular weight is 328 g/mol. The van der Waals surface area contributed by atoms with Crippen molar-refractivity contribution >= 4 is 32.3 Å². The van der Waals surface area contributed by atoms with E-state index < -0.39 is 15.9 Å². The van der Waals surface area contributed by atoms with Gasteiger partial charge < -0.3 is 5.11 Å². The number of aliphatic hydroxyl groups excluding tert-OH is 1. The zero-order chi connectivity index (χ0) is 15.5. The van der Waals surface area contributed by atoms with Crippen LogP contribution in [0, 0.1) is 0 Å². The first-order valence-corrected chi connectivity index (χ1v) is 9.06. The number of nitrogens with zero attached hydrogens (tertiary/aromatic N) is 1. The number of aromatic nitrogens is 1. The molecular weight excluding hydrogens is 310 g/mol. The normalized spacial score (nSPS) is 13.5. The van der Waals surface area contributed by atoms with Gasteiger partial charge in [-0.1, -0.05) is 24.6 Å². The van der Waals surface area contributed by atoms with Crippen LogP contribution in [-0.4, -0.2) is 30.0 Å². The van der Waals surface area contributed by atoms with Crippen molar-refractivity contribution in [2.24, 2.45) is 0 Å². The summed E-state index contributed by atoms with van der Waals surface area (Å²) >= 11 is 6.12. The summed E-state index contributed by atoms with van der Waals surface area (Å²) in [6.45, 7) is 1.63. The molecule has 1 aromatic heterocycles. The summed E-state index contributed by atoms with van der Waals surface area (Å²) in [7, 11) is -2.99. The van der Waals surface area contributed by atoms with Gasteiger partial charge in [-0.3, -0.25) is 4.98 Å². The van der Waals surface area contributed by atoms with Crippen LogP contribution in [0.4, 0.5) is 0 Å². The molecule has 21 heavy (non-hydrogen) atoms. The van der Waals surface area contributed by atoms with Crippen molar-refractivity contribution in [3.05, 3.63) is 41.0 Å². The van der Waals surface area contributed by atoms with Gasteiger partial charge in [0.2, 0.25) is 0 Å². The summed E-state index contributed by atoms with van der Waals surface area (Å²) in [4.78, 5) is 4.27. The Labute approximate surface area is 129 Å². The Morgan fingerprint density at radius 2 is 2.10 bits per heavy atom. The highest BCUT2D eigenvalue weighted by Crippen LogP contribution is 2.30. The fourth-order valence-electron chi connectivity index (χ4n) is 2.23. The summed E-state index contributed by atoms with van der Waals surface area (Å²) < 4.78 is 22.9. The predicted molar refractivity (Wildman–Crippen MR) is 85.3 cm³/mol. The van der Waals surface area contributed by atoms with Crippen molar-refractivity contribution in [3.63, 3.8) is 0 Å². The molecule has 0 radical (unpaired) electrons. The molecule has 0 aliphatic rings. The molecule has 0 aliphatic heterocycles. The Bertz CT molecular complexity index is 731. The quantitative estimate of drug-likeness (QED) is 0.885. The van der Waals surface area contributed by atoms with Crippen molar-refractivity contribution in [3.8, 4) is 0 Å². The van der Waals surface area contributed by atoms with E-state index in [4.69, 9.17) is 11.6 Å². The first-order valence-electron chi connectivity index (χ1n) is 6.86. The average Bonchev–Trinajstić information content (AvgIpc) is 2.47. The van der Waals surface area contributed by atoms with Crippen LogP contribution in [0.15, 0.2) is 30.5 Å². The smallest absolute Gasteiger partial charge is 0.150 e. The molecule has 0 bridgehead atoms. The van der Waals surface area contributed by atoms with Crippen molar-refractivity contribution in [1.82, 2.24) is 4.98 Å². The lowest BCUT2D eigenvalue weighted by Crippen LogP contribution is -2.10. The number of pyridine rings is 1. The number of benzene rings is 1. The Kier molecular flexibility index (Phi) is 5.19. The molecule has 0 amide bonds. The van der Waals surface area contributed by atoms with E-state index in [1.807, 2.05) is 6.07 Å². The topological polar surface area (TPSA) is 67.3 Å². The largest absolute Gasteiger partial charge is 0.388 e. The Balaban J connectivity index is 2.17. The molecule has 6 heteroatoms. The molecule has 0 saturated carbocycles. The molecule has 4 nitrogen and oxygen atoms in total. The predicted octanol–water partition coefficient (Wildman–Crippen LogP) is 3.14. The molecular formula is C15H18ClNO3S. The van der Waals surface area contributed by atoms with Gasteiger partial charge in [-0.05, 0) is 31.0 Å². The van der Waals surface area contributed by atoms with Crippen LogP contribution in [0.2, 0.25) is 5.02 Å². The summed E-state index contributed by atoms with van der Waals surface area (Å²) in [5.41, 5.74) is 1.35. The van der Waals surface area contributed by atoms with Gasteiger partial charge >= 0.3 is 0 Å². The van der Waals surface area contributed by atoms with Gasteiger partial charge in [0.1, 0.15) is 9.84 Å². The van der Waals surface area contributed by atoms with Gasteiger partial charge in [0.15, 0.2) is 0 Å². The zero-order valence-electron chi connectivity index (χ0n) is 11.8. The maximum absolute atomic E-state index is 11.5. The molecule has 114 valence electrons. The van der Waals surface area contributed by atoms with Crippen molar-refractivity contribution in [2.75, 3.05) is 11.5 Å². The van der Waals surface area contributed by atoms with E-state index >= 15 is 0 Å². The first kappa shape index (κ1) is 16.2. The van der Waals surface area contributed by atoms with Gasteiger partial charge in [-0.2, -0.15) is 0 Å². The summed E-state index contributed by atoms with van der Waals surface area (Å²) in [6, 6.07) is 7.12. The van der Waals surface area contributed by atoms with E-state index in [0.717, 1.165) is 5.39 Å². The number of sulfone groups is 1. The lowest BCUT2D eigenvalue weighted by molar-refractivity contribution is 0.168. The second-order valence-corrected chi connectivity index (χ2v) is 7.81. The van der Waals surface area contributed by atoms with Crippen LogP contribution >= 0.6 is 11.6 Å². The third kappa shape index (κ3) is 3.93. The van der Waals surface area contributed by atoms with E-state index in [0.29, 0.717) is 28.9 Å². The number of aliphatic hydroxyl groups is 1. The molecule has 1 N–H and O–H groups in total. The summed E-state index contributed by atoms with van der Waals surface area (Å²) in [6.07, 6.45) is 1.71. The minimum absolute atomic E-state index is 0.0967. The van der Waals surface area contributed by atoms with E-state index in [-0.39, 0.29) is 11.5 Å². The fraction of sp³-hybridized carbons (Fsp3) is 0.400. The van der Waals surface area contributed by atoms with Gasteiger partial charge in [0.05, 0.1) is 17.4 Å². The van der Waals surface area contributed by atoms with Crippen molar-refractivity contribution < 1.29 is 13.5 Å². The maximum Gasteiger partial charge on any atom is 0.150 e. The number of rotatable bonds is 6. The molecule has 2 rings (SSSR count). The monoisotopic (exact) mass is 327 g/mol. The van der Waals surface area contributed by atoms with Crippen LogP contribution < -0.4 is 0 Å². The highest BCUT2D eigenvalue weighted by Gasteiger charge is 2.15.